The molecule has 1 atom stereocenters. The van der Waals surface area contributed by atoms with Gasteiger partial charge in [-0.1, -0.05) is 43.0 Å². The van der Waals surface area contributed by atoms with Crippen LogP contribution >= 0.6 is 11.8 Å². The SMILES string of the molecule is CCc1ccc(C(=O)CSc2nnc(C3CCS(=O)(=O)C3)n2C)cc1. The van der Waals surface area contributed by atoms with Crippen LogP contribution < -0.4 is 0 Å². The first kappa shape index (κ1) is 18.1. The molecule has 1 aliphatic heterocycles. The minimum absolute atomic E-state index is 0.0423. The zero-order valence-corrected chi connectivity index (χ0v) is 15.9. The van der Waals surface area contributed by atoms with Gasteiger partial charge in [0.15, 0.2) is 20.8 Å². The quantitative estimate of drug-likeness (QED) is 0.566. The van der Waals surface area contributed by atoms with Gasteiger partial charge >= 0.3 is 0 Å². The molecule has 8 heteroatoms. The molecule has 3 rings (SSSR count). The lowest BCUT2D eigenvalue weighted by Crippen LogP contribution is -2.09. The zero-order valence-electron chi connectivity index (χ0n) is 14.3. The van der Waals surface area contributed by atoms with Gasteiger partial charge in [-0.25, -0.2) is 8.42 Å². The molecule has 1 aliphatic rings. The fourth-order valence-corrected chi connectivity index (χ4v) is 5.50. The Morgan fingerprint density at radius 2 is 2.00 bits per heavy atom. The molecular weight excluding hydrogens is 358 g/mol. The fourth-order valence-electron chi connectivity index (χ4n) is 2.95. The third kappa shape index (κ3) is 4.12. The number of aryl methyl sites for hydroxylation is 1. The van der Waals surface area contributed by atoms with E-state index in [9.17, 15) is 13.2 Å². The van der Waals surface area contributed by atoms with Crippen molar-refractivity contribution in [2.75, 3.05) is 17.3 Å². The van der Waals surface area contributed by atoms with Crippen LogP contribution in [0.5, 0.6) is 0 Å². The van der Waals surface area contributed by atoms with Crippen molar-refractivity contribution in [2.45, 2.75) is 30.8 Å². The first-order chi connectivity index (χ1) is 11.9. The van der Waals surface area contributed by atoms with Crippen molar-refractivity contribution in [2.24, 2.45) is 7.05 Å². The third-order valence-corrected chi connectivity index (χ3v) is 7.27. The molecule has 134 valence electrons. The van der Waals surface area contributed by atoms with Gasteiger partial charge < -0.3 is 4.57 Å². The monoisotopic (exact) mass is 379 g/mol. The minimum Gasteiger partial charge on any atom is -0.309 e. The molecule has 0 bridgehead atoms. The average molecular weight is 380 g/mol. The summed E-state index contributed by atoms with van der Waals surface area (Å²) in [5.74, 6) is 1.24. The number of Topliss-reactive ketones (excluding diaryl/α,β-unsaturated/α-hetero) is 1. The summed E-state index contributed by atoms with van der Waals surface area (Å²) in [6.07, 6.45) is 1.53. The highest BCUT2D eigenvalue weighted by atomic mass is 32.2. The Balaban J connectivity index is 1.64. The maximum absolute atomic E-state index is 12.3. The lowest BCUT2D eigenvalue weighted by Gasteiger charge is -2.08. The van der Waals surface area contributed by atoms with Crippen molar-refractivity contribution in [3.05, 3.63) is 41.2 Å². The largest absolute Gasteiger partial charge is 0.309 e. The first-order valence-corrected chi connectivity index (χ1v) is 11.0. The van der Waals surface area contributed by atoms with E-state index in [-0.39, 0.29) is 29.0 Å². The molecule has 2 heterocycles. The van der Waals surface area contributed by atoms with Crippen molar-refractivity contribution in [1.82, 2.24) is 14.8 Å². The molecular formula is C17H21N3O3S2. The van der Waals surface area contributed by atoms with E-state index >= 15 is 0 Å². The van der Waals surface area contributed by atoms with E-state index in [1.54, 1.807) is 0 Å². The van der Waals surface area contributed by atoms with Crippen LogP contribution in [0.2, 0.25) is 0 Å². The van der Waals surface area contributed by atoms with E-state index in [1.807, 2.05) is 35.9 Å². The topological polar surface area (TPSA) is 81.9 Å². The van der Waals surface area contributed by atoms with Crippen molar-refractivity contribution < 1.29 is 13.2 Å². The summed E-state index contributed by atoms with van der Waals surface area (Å²) < 4.78 is 25.1. The summed E-state index contributed by atoms with van der Waals surface area (Å²) in [5, 5.41) is 8.92. The third-order valence-electron chi connectivity index (χ3n) is 4.48. The molecule has 0 amide bonds. The number of sulfone groups is 1. The summed E-state index contributed by atoms with van der Waals surface area (Å²) >= 11 is 1.33. The first-order valence-electron chi connectivity index (χ1n) is 8.24. The van der Waals surface area contributed by atoms with Gasteiger partial charge in [-0.05, 0) is 18.4 Å². The Hall–Kier alpha value is -1.67. The molecule has 0 aliphatic carbocycles. The highest BCUT2D eigenvalue weighted by molar-refractivity contribution is 7.99. The molecule has 0 spiro atoms. The Morgan fingerprint density at radius 3 is 2.60 bits per heavy atom. The smallest absolute Gasteiger partial charge is 0.191 e. The molecule has 1 unspecified atom stereocenters. The van der Waals surface area contributed by atoms with Crippen molar-refractivity contribution in [3.63, 3.8) is 0 Å². The normalized spacial score (nSPS) is 19.2. The van der Waals surface area contributed by atoms with Gasteiger partial charge in [-0.3, -0.25) is 4.79 Å². The molecule has 25 heavy (non-hydrogen) atoms. The zero-order chi connectivity index (χ0) is 18.0. The maximum Gasteiger partial charge on any atom is 0.191 e. The van der Waals surface area contributed by atoms with E-state index in [0.717, 1.165) is 6.42 Å². The number of benzene rings is 1. The number of carbonyl (C=O) groups excluding carboxylic acids is 1. The van der Waals surface area contributed by atoms with Crippen molar-refractivity contribution in [3.8, 4) is 0 Å². The number of aromatic nitrogens is 3. The van der Waals surface area contributed by atoms with Gasteiger partial charge in [0.1, 0.15) is 5.82 Å². The fraction of sp³-hybridized carbons (Fsp3) is 0.471. The Labute approximate surface area is 152 Å². The lowest BCUT2D eigenvalue weighted by atomic mass is 10.1. The molecule has 0 radical (unpaired) electrons. The number of rotatable bonds is 6. The van der Waals surface area contributed by atoms with Gasteiger partial charge in [0.05, 0.1) is 17.3 Å². The number of carbonyl (C=O) groups is 1. The summed E-state index contributed by atoms with van der Waals surface area (Å²) in [4.78, 5) is 12.3. The van der Waals surface area contributed by atoms with Gasteiger partial charge in [0, 0.05) is 18.5 Å². The van der Waals surface area contributed by atoms with E-state index < -0.39 is 9.84 Å². The maximum atomic E-state index is 12.3. The van der Waals surface area contributed by atoms with Crippen LogP contribution in [0.4, 0.5) is 0 Å². The predicted molar refractivity (Wildman–Crippen MR) is 97.9 cm³/mol. The predicted octanol–water partition coefficient (Wildman–Crippen LogP) is 2.25. The summed E-state index contributed by atoms with van der Waals surface area (Å²) in [6.45, 7) is 2.08. The van der Waals surface area contributed by atoms with E-state index in [0.29, 0.717) is 23.0 Å². The summed E-state index contributed by atoms with van der Waals surface area (Å²) in [5.41, 5.74) is 1.89. The molecule has 0 N–H and O–H groups in total. The van der Waals surface area contributed by atoms with Crippen LogP contribution in [-0.2, 0) is 23.3 Å². The highest BCUT2D eigenvalue weighted by Crippen LogP contribution is 2.29. The molecule has 1 saturated heterocycles. The molecule has 0 saturated carbocycles. The number of hydrogen-bond acceptors (Lipinski definition) is 6. The van der Waals surface area contributed by atoms with Crippen molar-refractivity contribution in [1.29, 1.82) is 0 Å². The second kappa shape index (κ2) is 7.29. The second-order valence-electron chi connectivity index (χ2n) is 6.26. The minimum atomic E-state index is -2.96. The van der Waals surface area contributed by atoms with E-state index in [4.69, 9.17) is 0 Å². The van der Waals surface area contributed by atoms with Gasteiger partial charge in [0.25, 0.3) is 0 Å². The summed E-state index contributed by atoms with van der Waals surface area (Å²) in [6, 6.07) is 7.65. The molecule has 2 aromatic rings. The van der Waals surface area contributed by atoms with Gasteiger partial charge in [-0.15, -0.1) is 10.2 Å². The van der Waals surface area contributed by atoms with E-state index in [1.165, 1.54) is 17.3 Å². The Bertz CT molecular complexity index is 873. The van der Waals surface area contributed by atoms with Crippen LogP contribution in [0.1, 0.15) is 41.0 Å². The molecule has 1 aromatic heterocycles. The number of hydrogen-bond donors (Lipinski definition) is 0. The van der Waals surface area contributed by atoms with Crippen LogP contribution in [0.3, 0.4) is 0 Å². The van der Waals surface area contributed by atoms with Crippen LogP contribution in [-0.4, -0.2) is 46.2 Å². The summed E-state index contributed by atoms with van der Waals surface area (Å²) in [7, 11) is -1.14. The number of ketones is 1. The van der Waals surface area contributed by atoms with Gasteiger partial charge in [0.2, 0.25) is 0 Å². The van der Waals surface area contributed by atoms with Crippen LogP contribution in [0.15, 0.2) is 29.4 Å². The van der Waals surface area contributed by atoms with Crippen LogP contribution in [0, 0.1) is 0 Å². The number of thioether (sulfide) groups is 1. The standard InChI is InChI=1S/C17H21N3O3S2/c1-3-12-4-6-13(7-5-12)15(21)10-24-17-19-18-16(20(17)2)14-8-9-25(22,23)11-14/h4-7,14H,3,8-11H2,1-2H3. The van der Waals surface area contributed by atoms with Gasteiger partial charge in [-0.2, -0.15) is 0 Å². The number of nitrogens with zero attached hydrogens (tertiary/aromatic N) is 3. The Kier molecular flexibility index (Phi) is 5.29. The lowest BCUT2D eigenvalue weighted by molar-refractivity contribution is 0.102. The van der Waals surface area contributed by atoms with E-state index in [2.05, 4.69) is 17.1 Å². The molecule has 1 fully saturated rings. The Morgan fingerprint density at radius 1 is 1.28 bits per heavy atom. The van der Waals surface area contributed by atoms with Crippen LogP contribution in [0.25, 0.3) is 0 Å². The average Bonchev–Trinajstić information content (AvgIpc) is 3.14. The van der Waals surface area contributed by atoms with Crippen molar-refractivity contribution >= 4 is 27.4 Å². The molecule has 6 nitrogen and oxygen atoms in total. The molecule has 1 aromatic carbocycles. The second-order valence-corrected chi connectivity index (χ2v) is 9.43. The highest BCUT2D eigenvalue weighted by Gasteiger charge is 2.32.